The molecule has 0 saturated heterocycles. The van der Waals surface area contributed by atoms with E-state index >= 15 is 0 Å². The highest BCUT2D eigenvalue weighted by Gasteiger charge is 2.47. The third-order valence-corrected chi connectivity index (χ3v) is 4.98. The highest BCUT2D eigenvalue weighted by atomic mass is 16.4. The molecule has 0 amide bonds. The first-order chi connectivity index (χ1) is 9.74. The van der Waals surface area contributed by atoms with Gasteiger partial charge >= 0.3 is 5.76 Å². The highest BCUT2D eigenvalue weighted by Crippen LogP contribution is 2.57. The Balaban J connectivity index is 1.67. The van der Waals surface area contributed by atoms with Gasteiger partial charge in [0.05, 0.1) is 5.52 Å². The molecule has 1 aromatic carbocycles. The van der Waals surface area contributed by atoms with Crippen LogP contribution in [0.25, 0.3) is 11.1 Å². The molecule has 106 valence electrons. The fourth-order valence-electron chi connectivity index (χ4n) is 3.97. The van der Waals surface area contributed by atoms with Gasteiger partial charge in [0.25, 0.3) is 0 Å². The molecule has 2 aliphatic carbocycles. The van der Waals surface area contributed by atoms with Gasteiger partial charge in [0, 0.05) is 6.04 Å². The van der Waals surface area contributed by atoms with Crippen LogP contribution < -0.4 is 11.1 Å². The Bertz CT molecular complexity index is 677. The molecule has 4 nitrogen and oxygen atoms in total. The number of aromatic nitrogens is 1. The van der Waals surface area contributed by atoms with Crippen molar-refractivity contribution < 1.29 is 4.42 Å². The molecule has 2 fully saturated rings. The lowest BCUT2D eigenvalue weighted by Crippen LogP contribution is -2.27. The fraction of sp³-hybridized carbons (Fsp3) is 0.562. The molecular formula is C16H20N2O2. The molecule has 2 aliphatic rings. The van der Waals surface area contributed by atoms with E-state index in [0.29, 0.717) is 11.6 Å². The Labute approximate surface area is 117 Å². The molecule has 20 heavy (non-hydrogen) atoms. The molecule has 0 aliphatic heterocycles. The van der Waals surface area contributed by atoms with Crippen molar-refractivity contribution in [3.63, 3.8) is 0 Å². The number of benzene rings is 1. The van der Waals surface area contributed by atoms with Crippen molar-refractivity contribution in [3.8, 4) is 0 Å². The van der Waals surface area contributed by atoms with Gasteiger partial charge in [-0.2, -0.15) is 0 Å². The van der Waals surface area contributed by atoms with Crippen molar-refractivity contribution >= 4 is 11.1 Å². The molecule has 0 bridgehead atoms. The fourth-order valence-corrected chi connectivity index (χ4v) is 3.97. The van der Waals surface area contributed by atoms with Crippen LogP contribution in [0.1, 0.15) is 37.8 Å². The summed E-state index contributed by atoms with van der Waals surface area (Å²) < 4.78 is 5.19. The van der Waals surface area contributed by atoms with Crippen LogP contribution in [0.4, 0.5) is 0 Å². The zero-order valence-electron chi connectivity index (χ0n) is 11.7. The summed E-state index contributed by atoms with van der Waals surface area (Å²) in [5.74, 6) is 2.31. The molecule has 0 spiro atoms. The summed E-state index contributed by atoms with van der Waals surface area (Å²) in [7, 11) is 0. The van der Waals surface area contributed by atoms with E-state index in [1.807, 2.05) is 12.1 Å². The molecule has 1 heterocycles. The molecule has 0 radical (unpaired) electrons. The molecule has 4 heteroatoms. The predicted molar refractivity (Wildman–Crippen MR) is 77.6 cm³/mol. The topological polar surface area (TPSA) is 58.0 Å². The zero-order valence-corrected chi connectivity index (χ0v) is 11.7. The first-order valence-corrected chi connectivity index (χ1v) is 7.60. The minimum atomic E-state index is -0.376. The minimum absolute atomic E-state index is 0.376. The minimum Gasteiger partial charge on any atom is -0.408 e. The normalized spacial score (nSPS) is 29.6. The monoisotopic (exact) mass is 272 g/mol. The number of H-pyrrole nitrogens is 1. The van der Waals surface area contributed by atoms with Gasteiger partial charge in [-0.1, -0.05) is 13.0 Å². The molecule has 3 atom stereocenters. The lowest BCUT2D eigenvalue weighted by molar-refractivity contribution is 0.346. The van der Waals surface area contributed by atoms with Crippen molar-refractivity contribution in [3.05, 3.63) is 34.3 Å². The van der Waals surface area contributed by atoms with Crippen LogP contribution in [0.2, 0.25) is 0 Å². The molecule has 4 rings (SSSR count). The Hall–Kier alpha value is -1.55. The molecule has 3 unspecified atom stereocenters. The third kappa shape index (κ3) is 1.99. The molecule has 1 aromatic heterocycles. The average Bonchev–Trinajstić information content (AvgIpc) is 2.88. The van der Waals surface area contributed by atoms with E-state index in [1.165, 1.54) is 24.8 Å². The summed E-state index contributed by atoms with van der Waals surface area (Å²) in [4.78, 5) is 14.0. The van der Waals surface area contributed by atoms with Crippen LogP contribution in [-0.4, -0.2) is 11.5 Å². The van der Waals surface area contributed by atoms with Crippen molar-refractivity contribution in [2.24, 2.45) is 17.8 Å². The third-order valence-electron chi connectivity index (χ3n) is 4.98. The van der Waals surface area contributed by atoms with Gasteiger partial charge in [-0.25, -0.2) is 4.79 Å². The maximum atomic E-state index is 11.3. The Morgan fingerprint density at radius 1 is 1.35 bits per heavy atom. The summed E-state index contributed by atoms with van der Waals surface area (Å²) in [6.45, 7) is 3.11. The zero-order chi connectivity index (χ0) is 13.7. The number of aromatic amines is 1. The molecule has 2 N–H and O–H groups in total. The summed E-state index contributed by atoms with van der Waals surface area (Å²) in [5, 5.41) is 3.62. The van der Waals surface area contributed by atoms with E-state index in [-0.39, 0.29) is 5.76 Å². The second-order valence-electron chi connectivity index (χ2n) is 6.29. The average molecular weight is 272 g/mol. The molecular weight excluding hydrogens is 252 g/mol. The van der Waals surface area contributed by atoms with E-state index in [9.17, 15) is 4.79 Å². The smallest absolute Gasteiger partial charge is 0.408 e. The lowest BCUT2D eigenvalue weighted by atomic mass is 9.89. The van der Waals surface area contributed by atoms with Gasteiger partial charge < -0.3 is 9.73 Å². The van der Waals surface area contributed by atoms with Crippen LogP contribution >= 0.6 is 0 Å². The first-order valence-electron chi connectivity index (χ1n) is 7.60. The standard InChI is InChI=1S/C16H20N2O2/c1-2-17-15(12-6-10-5-11(10)7-12)9-3-4-13-14(8-9)20-16(19)18-13/h3-4,8,10-12,15,17H,2,5-7H2,1H3,(H,18,19). The van der Waals surface area contributed by atoms with E-state index < -0.39 is 0 Å². The van der Waals surface area contributed by atoms with E-state index in [1.54, 1.807) is 0 Å². The van der Waals surface area contributed by atoms with Gasteiger partial charge in [-0.15, -0.1) is 0 Å². The summed E-state index contributed by atoms with van der Waals surface area (Å²) >= 11 is 0. The number of nitrogens with one attached hydrogen (secondary N) is 2. The maximum Gasteiger partial charge on any atom is 0.417 e. The number of fused-ring (bicyclic) bond motifs is 2. The second-order valence-corrected chi connectivity index (χ2v) is 6.29. The number of hydrogen-bond acceptors (Lipinski definition) is 3. The Kier molecular flexibility index (Phi) is 2.74. The Morgan fingerprint density at radius 2 is 2.15 bits per heavy atom. The van der Waals surface area contributed by atoms with Crippen LogP contribution in [0.5, 0.6) is 0 Å². The summed E-state index contributed by atoms with van der Waals surface area (Å²) in [6.07, 6.45) is 4.13. The number of rotatable bonds is 4. The van der Waals surface area contributed by atoms with Crippen molar-refractivity contribution in [1.29, 1.82) is 0 Å². The predicted octanol–water partition coefficient (Wildman–Crippen LogP) is 2.82. The molecule has 2 saturated carbocycles. The van der Waals surface area contributed by atoms with Crippen molar-refractivity contribution in [2.45, 2.75) is 32.2 Å². The van der Waals surface area contributed by atoms with Crippen LogP contribution in [0, 0.1) is 17.8 Å². The van der Waals surface area contributed by atoms with E-state index in [4.69, 9.17) is 4.42 Å². The summed E-state index contributed by atoms with van der Waals surface area (Å²) in [6, 6.07) is 6.47. The summed E-state index contributed by atoms with van der Waals surface area (Å²) in [5.41, 5.74) is 2.69. The van der Waals surface area contributed by atoms with Crippen molar-refractivity contribution in [2.75, 3.05) is 6.54 Å². The van der Waals surface area contributed by atoms with Gasteiger partial charge in [-0.3, -0.25) is 4.98 Å². The van der Waals surface area contributed by atoms with Crippen LogP contribution in [0.3, 0.4) is 0 Å². The van der Waals surface area contributed by atoms with Crippen molar-refractivity contribution in [1.82, 2.24) is 10.3 Å². The van der Waals surface area contributed by atoms with Gasteiger partial charge in [0.1, 0.15) is 0 Å². The van der Waals surface area contributed by atoms with E-state index in [0.717, 1.165) is 29.8 Å². The lowest BCUT2D eigenvalue weighted by Gasteiger charge is -2.26. The van der Waals surface area contributed by atoms with Gasteiger partial charge in [0.2, 0.25) is 0 Å². The largest absolute Gasteiger partial charge is 0.417 e. The number of oxazole rings is 1. The second kappa shape index (κ2) is 4.48. The first kappa shape index (κ1) is 12.2. The van der Waals surface area contributed by atoms with Crippen LogP contribution in [0.15, 0.2) is 27.4 Å². The maximum absolute atomic E-state index is 11.3. The SMILES string of the molecule is CCNC(c1ccc2[nH]c(=O)oc2c1)C1CC2CC2C1. The highest BCUT2D eigenvalue weighted by molar-refractivity contribution is 5.72. The van der Waals surface area contributed by atoms with E-state index in [2.05, 4.69) is 23.3 Å². The number of hydrogen-bond donors (Lipinski definition) is 2. The Morgan fingerprint density at radius 3 is 2.90 bits per heavy atom. The quantitative estimate of drug-likeness (QED) is 0.899. The van der Waals surface area contributed by atoms with Crippen LogP contribution in [-0.2, 0) is 0 Å². The van der Waals surface area contributed by atoms with Gasteiger partial charge in [-0.05, 0) is 61.3 Å². The molecule has 2 aromatic rings. The van der Waals surface area contributed by atoms with Gasteiger partial charge in [0.15, 0.2) is 5.58 Å².